The monoisotopic (exact) mass is 447 g/mol. The zero-order valence-electron chi connectivity index (χ0n) is 16.3. The van der Waals surface area contributed by atoms with Crippen LogP contribution in [0, 0.1) is 18.3 Å². The molecule has 0 aromatic heterocycles. The molecule has 1 fully saturated rings. The van der Waals surface area contributed by atoms with Gasteiger partial charge in [-0.05, 0) is 37.3 Å². The van der Waals surface area contributed by atoms with Crippen LogP contribution in [-0.4, -0.2) is 41.2 Å². The average molecular weight is 448 g/mol. The second kappa shape index (κ2) is 8.33. The van der Waals surface area contributed by atoms with Crippen molar-refractivity contribution in [1.82, 2.24) is 4.90 Å². The summed E-state index contributed by atoms with van der Waals surface area (Å²) < 4.78 is 36.1. The van der Waals surface area contributed by atoms with E-state index in [4.69, 9.17) is 4.74 Å². The van der Waals surface area contributed by atoms with Gasteiger partial charge in [-0.1, -0.05) is 42.8 Å². The summed E-state index contributed by atoms with van der Waals surface area (Å²) in [5.41, 5.74) is 0.486. The highest BCUT2D eigenvalue weighted by Gasteiger charge is 2.47. The highest BCUT2D eigenvalue weighted by atomic mass is 79.9. The number of likely N-dealkylation sites (tertiary alicyclic amines) is 1. The molecule has 4 nitrogen and oxygen atoms in total. The lowest BCUT2D eigenvalue weighted by atomic mass is 9.75. The molecule has 2 unspecified atom stereocenters. The molecule has 0 spiro atoms. The van der Waals surface area contributed by atoms with Crippen molar-refractivity contribution in [3.8, 4) is 5.75 Å². The third kappa shape index (κ3) is 5.33. The Labute approximate surface area is 168 Å². The Morgan fingerprint density at radius 1 is 1.37 bits per heavy atom. The second-order valence-electron chi connectivity index (χ2n) is 8.30. The molecule has 0 bridgehead atoms. The first-order valence-corrected chi connectivity index (χ1v) is 9.98. The first kappa shape index (κ1) is 21.9. The van der Waals surface area contributed by atoms with Crippen molar-refractivity contribution in [2.45, 2.75) is 58.9 Å². The van der Waals surface area contributed by atoms with Crippen molar-refractivity contribution >= 4 is 22.0 Å². The standard InChI is InChI=1S/C20H28BrF2NO3/c1-13-15(21)6-5-7-16(13)27-11-9-20(22,23)14-8-10-24(18(25)26)17(12-14)19(2,3)4/h5-7,14,17H,8-12H2,1-4H3,(H,25,26). The predicted molar refractivity (Wildman–Crippen MR) is 105 cm³/mol. The molecule has 1 saturated heterocycles. The fraction of sp³-hybridized carbons (Fsp3) is 0.650. The highest BCUT2D eigenvalue weighted by Crippen LogP contribution is 2.42. The molecule has 27 heavy (non-hydrogen) atoms. The largest absolute Gasteiger partial charge is 0.493 e. The topological polar surface area (TPSA) is 49.8 Å². The Bertz CT molecular complexity index is 676. The van der Waals surface area contributed by atoms with Crippen molar-refractivity contribution in [1.29, 1.82) is 0 Å². The Kier molecular flexibility index (Phi) is 6.77. The fourth-order valence-electron chi connectivity index (χ4n) is 3.64. The van der Waals surface area contributed by atoms with Gasteiger partial charge in [0.05, 0.1) is 6.61 Å². The average Bonchev–Trinajstić information content (AvgIpc) is 2.57. The van der Waals surface area contributed by atoms with Crippen LogP contribution in [0.4, 0.5) is 13.6 Å². The summed E-state index contributed by atoms with van der Waals surface area (Å²) in [5, 5.41) is 9.39. The summed E-state index contributed by atoms with van der Waals surface area (Å²) in [6.07, 6.45) is -1.08. The van der Waals surface area contributed by atoms with Gasteiger partial charge in [0.15, 0.2) is 0 Å². The summed E-state index contributed by atoms with van der Waals surface area (Å²) in [7, 11) is 0. The quantitative estimate of drug-likeness (QED) is 0.604. The van der Waals surface area contributed by atoms with E-state index < -0.39 is 29.4 Å². The number of halogens is 3. The number of hydrogen-bond acceptors (Lipinski definition) is 2. The maximum absolute atomic E-state index is 14.8. The van der Waals surface area contributed by atoms with Gasteiger partial charge in [0, 0.05) is 35.0 Å². The maximum atomic E-state index is 14.8. The van der Waals surface area contributed by atoms with E-state index in [1.165, 1.54) is 4.90 Å². The zero-order valence-corrected chi connectivity index (χ0v) is 17.9. The van der Waals surface area contributed by atoms with Crippen molar-refractivity contribution < 1.29 is 23.4 Å². The highest BCUT2D eigenvalue weighted by molar-refractivity contribution is 9.10. The fourth-order valence-corrected chi connectivity index (χ4v) is 3.99. The van der Waals surface area contributed by atoms with Crippen LogP contribution in [0.2, 0.25) is 0 Å². The first-order chi connectivity index (χ1) is 12.4. The third-order valence-corrected chi connectivity index (χ3v) is 6.22. The number of alkyl halides is 2. The van der Waals surface area contributed by atoms with Crippen LogP contribution in [0.1, 0.15) is 45.6 Å². The molecule has 1 aromatic carbocycles. The van der Waals surface area contributed by atoms with E-state index in [1.54, 1.807) is 12.1 Å². The Hall–Kier alpha value is -1.37. The number of piperidine rings is 1. The summed E-state index contributed by atoms with van der Waals surface area (Å²) in [6.45, 7) is 7.62. The molecular weight excluding hydrogens is 420 g/mol. The second-order valence-corrected chi connectivity index (χ2v) is 9.16. The molecule has 0 radical (unpaired) electrons. The van der Waals surface area contributed by atoms with Gasteiger partial charge >= 0.3 is 6.09 Å². The van der Waals surface area contributed by atoms with Gasteiger partial charge in [0.2, 0.25) is 0 Å². The van der Waals surface area contributed by atoms with E-state index in [9.17, 15) is 18.7 Å². The lowest BCUT2D eigenvalue weighted by Gasteiger charge is -2.46. The van der Waals surface area contributed by atoms with Gasteiger partial charge in [-0.25, -0.2) is 13.6 Å². The van der Waals surface area contributed by atoms with E-state index in [1.807, 2.05) is 33.8 Å². The Morgan fingerprint density at radius 3 is 2.63 bits per heavy atom. The van der Waals surface area contributed by atoms with Crippen LogP contribution in [0.15, 0.2) is 22.7 Å². The van der Waals surface area contributed by atoms with Gasteiger partial charge in [0.1, 0.15) is 5.75 Å². The predicted octanol–water partition coefficient (Wildman–Crippen LogP) is 5.97. The molecule has 7 heteroatoms. The maximum Gasteiger partial charge on any atom is 0.407 e. The molecular formula is C20H28BrF2NO3. The minimum Gasteiger partial charge on any atom is -0.493 e. The zero-order chi connectivity index (χ0) is 20.4. The van der Waals surface area contributed by atoms with Crippen molar-refractivity contribution in [2.75, 3.05) is 13.2 Å². The molecule has 1 heterocycles. The molecule has 0 aliphatic carbocycles. The van der Waals surface area contributed by atoms with Gasteiger partial charge in [-0.2, -0.15) is 0 Å². The number of rotatable bonds is 5. The van der Waals surface area contributed by atoms with Gasteiger partial charge in [-0.15, -0.1) is 0 Å². The molecule has 1 amide bonds. The molecule has 1 aliphatic rings. The first-order valence-electron chi connectivity index (χ1n) is 9.19. The van der Waals surface area contributed by atoms with Crippen LogP contribution in [0.3, 0.4) is 0 Å². The minimum absolute atomic E-state index is 0.0797. The normalized spacial score (nSPS) is 21.2. The lowest BCUT2D eigenvalue weighted by Crippen LogP contribution is -2.54. The van der Waals surface area contributed by atoms with Crippen molar-refractivity contribution in [2.24, 2.45) is 11.3 Å². The van der Waals surface area contributed by atoms with E-state index in [2.05, 4.69) is 15.9 Å². The van der Waals surface area contributed by atoms with Crippen LogP contribution in [-0.2, 0) is 0 Å². The van der Waals surface area contributed by atoms with Crippen LogP contribution in [0.25, 0.3) is 0 Å². The molecule has 2 rings (SSSR count). The molecule has 1 N–H and O–H groups in total. The van der Waals surface area contributed by atoms with E-state index in [0.29, 0.717) is 5.75 Å². The number of carbonyl (C=O) groups is 1. The van der Waals surface area contributed by atoms with Crippen LogP contribution >= 0.6 is 15.9 Å². The number of carboxylic acid groups (broad SMARTS) is 1. The third-order valence-electron chi connectivity index (χ3n) is 5.36. The molecule has 1 aromatic rings. The number of hydrogen-bond donors (Lipinski definition) is 1. The van der Waals surface area contributed by atoms with Crippen molar-refractivity contribution in [3.63, 3.8) is 0 Å². The minimum atomic E-state index is -2.89. The molecule has 1 aliphatic heterocycles. The SMILES string of the molecule is Cc1c(Br)cccc1OCCC(F)(F)C1CCN(C(=O)O)C(C(C)(C)C)C1. The number of benzene rings is 1. The van der Waals surface area contributed by atoms with Crippen molar-refractivity contribution in [3.05, 3.63) is 28.2 Å². The van der Waals surface area contributed by atoms with Gasteiger partial charge in [0.25, 0.3) is 5.92 Å². The number of nitrogens with zero attached hydrogens (tertiary/aromatic N) is 1. The molecule has 152 valence electrons. The molecule has 0 saturated carbocycles. The lowest BCUT2D eigenvalue weighted by molar-refractivity contribution is -0.106. The van der Waals surface area contributed by atoms with E-state index >= 15 is 0 Å². The van der Waals surface area contributed by atoms with E-state index in [0.717, 1.165) is 10.0 Å². The van der Waals surface area contributed by atoms with Gasteiger partial charge < -0.3 is 14.7 Å². The summed E-state index contributed by atoms with van der Waals surface area (Å²) in [4.78, 5) is 12.8. The molecule has 2 atom stereocenters. The van der Waals surface area contributed by atoms with Crippen LogP contribution in [0.5, 0.6) is 5.75 Å². The Morgan fingerprint density at radius 2 is 2.04 bits per heavy atom. The van der Waals surface area contributed by atoms with E-state index in [-0.39, 0.29) is 32.4 Å². The van der Waals surface area contributed by atoms with Crippen LogP contribution < -0.4 is 4.74 Å². The summed E-state index contributed by atoms with van der Waals surface area (Å²) in [6, 6.07) is 5.02. The number of ether oxygens (including phenoxy) is 1. The summed E-state index contributed by atoms with van der Waals surface area (Å²) >= 11 is 3.40. The summed E-state index contributed by atoms with van der Waals surface area (Å²) in [5.74, 6) is -3.15. The van der Waals surface area contributed by atoms with Gasteiger partial charge in [-0.3, -0.25) is 0 Å². The smallest absolute Gasteiger partial charge is 0.407 e. The number of amides is 1. The Balaban J connectivity index is 2.01.